The van der Waals surface area contributed by atoms with Crippen molar-refractivity contribution in [2.75, 3.05) is 24.5 Å². The molecule has 208 valence electrons. The number of anilines is 1. The molecule has 11 heteroatoms. The van der Waals surface area contributed by atoms with Gasteiger partial charge in [-0.05, 0) is 55.3 Å². The van der Waals surface area contributed by atoms with Gasteiger partial charge in [0.15, 0.2) is 0 Å². The van der Waals surface area contributed by atoms with Crippen molar-refractivity contribution in [2.45, 2.75) is 37.8 Å². The summed E-state index contributed by atoms with van der Waals surface area (Å²) in [6.07, 6.45) is 0.720. The summed E-state index contributed by atoms with van der Waals surface area (Å²) in [5, 5.41) is 3.45. The zero-order valence-electron chi connectivity index (χ0n) is 21.9. The van der Waals surface area contributed by atoms with Crippen molar-refractivity contribution in [2.24, 2.45) is 0 Å². The lowest BCUT2D eigenvalue weighted by molar-refractivity contribution is -0.139. The largest absolute Gasteiger partial charge is 0.497 e. The zero-order chi connectivity index (χ0) is 28.6. The standard InChI is InChI=1S/C28H31Cl2N3O5S/c1-4-15-31-28(35)20(2)32(18-21-13-14-25(29)26(30)16-21)27(34)19-33(22-9-8-10-23(17-22)38-3)39(36,37)24-11-6-5-7-12-24/h5-14,16-17,20H,4,15,18-19H2,1-3H3,(H,31,35)/t20-/m0/s1. The maximum absolute atomic E-state index is 13.9. The average molecular weight is 593 g/mol. The van der Waals surface area contributed by atoms with E-state index in [1.807, 2.05) is 6.92 Å². The number of ether oxygens (including phenoxy) is 1. The number of methoxy groups -OCH3 is 1. The predicted molar refractivity (Wildman–Crippen MR) is 154 cm³/mol. The summed E-state index contributed by atoms with van der Waals surface area (Å²) < 4.78 is 33.9. The summed E-state index contributed by atoms with van der Waals surface area (Å²) in [4.78, 5) is 28.2. The summed E-state index contributed by atoms with van der Waals surface area (Å²) in [6.45, 7) is 3.41. The van der Waals surface area contributed by atoms with E-state index >= 15 is 0 Å². The van der Waals surface area contributed by atoms with Gasteiger partial charge in [0.2, 0.25) is 11.8 Å². The second-order valence-electron chi connectivity index (χ2n) is 8.76. The molecule has 0 radical (unpaired) electrons. The van der Waals surface area contributed by atoms with Crippen LogP contribution in [-0.4, -0.2) is 51.4 Å². The maximum atomic E-state index is 13.9. The zero-order valence-corrected chi connectivity index (χ0v) is 24.3. The Morgan fingerprint density at radius 2 is 1.69 bits per heavy atom. The molecular weight excluding hydrogens is 561 g/mol. The van der Waals surface area contributed by atoms with Crippen LogP contribution in [0.3, 0.4) is 0 Å². The Morgan fingerprint density at radius 1 is 0.974 bits per heavy atom. The van der Waals surface area contributed by atoms with Crippen molar-refractivity contribution in [3.05, 3.63) is 88.4 Å². The smallest absolute Gasteiger partial charge is 0.264 e. The number of hydrogen-bond donors (Lipinski definition) is 1. The molecule has 0 fully saturated rings. The topological polar surface area (TPSA) is 96.0 Å². The van der Waals surface area contributed by atoms with Crippen LogP contribution in [0.5, 0.6) is 5.75 Å². The molecule has 0 aromatic heterocycles. The number of sulfonamides is 1. The van der Waals surface area contributed by atoms with E-state index in [1.165, 1.54) is 30.2 Å². The second-order valence-corrected chi connectivity index (χ2v) is 11.4. The molecule has 8 nitrogen and oxygen atoms in total. The SMILES string of the molecule is CCCNC(=O)[C@H](C)N(Cc1ccc(Cl)c(Cl)c1)C(=O)CN(c1cccc(OC)c1)S(=O)(=O)c1ccccc1. The third kappa shape index (κ3) is 7.65. The Hall–Kier alpha value is -3.27. The van der Waals surface area contributed by atoms with Gasteiger partial charge in [0.1, 0.15) is 18.3 Å². The predicted octanol–water partition coefficient (Wildman–Crippen LogP) is 5.14. The van der Waals surface area contributed by atoms with Gasteiger partial charge in [-0.25, -0.2) is 8.42 Å². The molecule has 0 bridgehead atoms. The number of benzene rings is 3. The highest BCUT2D eigenvalue weighted by atomic mass is 35.5. The normalized spacial score (nSPS) is 11.9. The Kier molecular flexibility index (Phi) is 10.6. The van der Waals surface area contributed by atoms with E-state index in [1.54, 1.807) is 61.5 Å². The number of nitrogens with zero attached hydrogens (tertiary/aromatic N) is 2. The number of carbonyl (C=O) groups is 2. The van der Waals surface area contributed by atoms with Crippen LogP contribution in [0.25, 0.3) is 0 Å². The third-order valence-corrected chi connectivity index (χ3v) is 8.53. The molecule has 0 unspecified atom stereocenters. The van der Waals surface area contributed by atoms with E-state index in [0.717, 1.165) is 10.7 Å². The fourth-order valence-corrected chi connectivity index (χ4v) is 5.57. The van der Waals surface area contributed by atoms with Crippen LogP contribution in [0.4, 0.5) is 5.69 Å². The van der Waals surface area contributed by atoms with Crippen molar-refractivity contribution >= 4 is 50.7 Å². The summed E-state index contributed by atoms with van der Waals surface area (Å²) >= 11 is 12.3. The van der Waals surface area contributed by atoms with Crippen molar-refractivity contribution in [3.63, 3.8) is 0 Å². The first kappa shape index (κ1) is 30.3. The number of hydrogen-bond acceptors (Lipinski definition) is 5. The first-order valence-electron chi connectivity index (χ1n) is 12.3. The number of carbonyl (C=O) groups excluding carboxylic acids is 2. The minimum atomic E-state index is -4.16. The monoisotopic (exact) mass is 591 g/mol. The minimum absolute atomic E-state index is 0.00771. The van der Waals surface area contributed by atoms with Crippen LogP contribution in [0.15, 0.2) is 77.7 Å². The second kappa shape index (κ2) is 13.7. The van der Waals surface area contributed by atoms with Crippen LogP contribution in [0.1, 0.15) is 25.8 Å². The molecule has 1 N–H and O–H groups in total. The van der Waals surface area contributed by atoms with Crippen molar-refractivity contribution in [1.82, 2.24) is 10.2 Å². The van der Waals surface area contributed by atoms with Crippen LogP contribution in [0, 0.1) is 0 Å². The Morgan fingerprint density at radius 3 is 2.33 bits per heavy atom. The highest BCUT2D eigenvalue weighted by molar-refractivity contribution is 7.92. The van der Waals surface area contributed by atoms with E-state index < -0.39 is 28.5 Å². The molecule has 39 heavy (non-hydrogen) atoms. The molecule has 3 aromatic rings. The molecular formula is C28H31Cl2N3O5S. The average Bonchev–Trinajstić information content (AvgIpc) is 2.95. The van der Waals surface area contributed by atoms with Crippen molar-refractivity contribution in [1.29, 1.82) is 0 Å². The van der Waals surface area contributed by atoms with Crippen LogP contribution in [-0.2, 0) is 26.2 Å². The lowest BCUT2D eigenvalue weighted by Gasteiger charge is -2.32. The molecule has 3 aromatic carbocycles. The molecule has 0 saturated heterocycles. The van der Waals surface area contributed by atoms with Gasteiger partial charge in [-0.15, -0.1) is 0 Å². The van der Waals surface area contributed by atoms with Crippen molar-refractivity contribution in [3.8, 4) is 5.75 Å². The lowest BCUT2D eigenvalue weighted by atomic mass is 10.1. The van der Waals surface area contributed by atoms with E-state index in [9.17, 15) is 18.0 Å². The summed E-state index contributed by atoms with van der Waals surface area (Å²) in [5.74, 6) is -0.514. The highest BCUT2D eigenvalue weighted by Crippen LogP contribution is 2.28. The van der Waals surface area contributed by atoms with Crippen LogP contribution < -0.4 is 14.4 Å². The van der Waals surface area contributed by atoms with Crippen molar-refractivity contribution < 1.29 is 22.7 Å². The van der Waals surface area contributed by atoms with Gasteiger partial charge < -0.3 is 15.0 Å². The fraction of sp³-hybridized carbons (Fsp3) is 0.286. The van der Waals surface area contributed by atoms with Crippen LogP contribution >= 0.6 is 23.2 Å². The van der Waals surface area contributed by atoms with Gasteiger partial charge in [0.25, 0.3) is 10.0 Å². The number of nitrogens with one attached hydrogen (secondary N) is 1. The number of halogens is 2. The van der Waals surface area contributed by atoms with Crippen LogP contribution in [0.2, 0.25) is 10.0 Å². The van der Waals surface area contributed by atoms with Gasteiger partial charge in [0, 0.05) is 19.2 Å². The molecule has 0 aliphatic carbocycles. The number of amides is 2. The molecule has 0 spiro atoms. The summed E-state index contributed by atoms with van der Waals surface area (Å²) in [5.41, 5.74) is 0.871. The molecule has 0 aliphatic heterocycles. The van der Waals surface area contributed by atoms with Gasteiger partial charge in [-0.1, -0.05) is 60.5 Å². The van der Waals surface area contributed by atoms with Gasteiger partial charge in [-0.2, -0.15) is 0 Å². The van der Waals surface area contributed by atoms with E-state index in [4.69, 9.17) is 27.9 Å². The van der Waals surface area contributed by atoms with Gasteiger partial charge >= 0.3 is 0 Å². The summed E-state index contributed by atoms with van der Waals surface area (Å²) in [7, 11) is -2.69. The molecule has 2 amide bonds. The molecule has 3 rings (SSSR count). The number of rotatable bonds is 12. The van der Waals surface area contributed by atoms with E-state index in [2.05, 4.69) is 5.32 Å². The Bertz CT molecular complexity index is 1400. The Balaban J connectivity index is 2.04. The quantitative estimate of drug-likeness (QED) is 0.314. The highest BCUT2D eigenvalue weighted by Gasteiger charge is 2.32. The molecule has 0 saturated carbocycles. The van der Waals surface area contributed by atoms with E-state index in [0.29, 0.717) is 27.9 Å². The van der Waals surface area contributed by atoms with Gasteiger partial charge in [0.05, 0.1) is 27.7 Å². The third-order valence-electron chi connectivity index (χ3n) is 6.00. The van der Waals surface area contributed by atoms with Gasteiger partial charge in [-0.3, -0.25) is 13.9 Å². The van der Waals surface area contributed by atoms with E-state index in [-0.39, 0.29) is 23.0 Å². The lowest BCUT2D eigenvalue weighted by Crippen LogP contribution is -2.51. The first-order valence-corrected chi connectivity index (χ1v) is 14.5. The molecule has 0 heterocycles. The molecule has 0 aliphatic rings. The first-order chi connectivity index (χ1) is 18.6. The molecule has 1 atom stereocenters. The fourth-order valence-electron chi connectivity index (χ4n) is 3.83. The maximum Gasteiger partial charge on any atom is 0.264 e. The minimum Gasteiger partial charge on any atom is -0.497 e. The summed E-state index contributed by atoms with van der Waals surface area (Å²) in [6, 6.07) is 18.3. The Labute approximate surface area is 239 Å².